The van der Waals surface area contributed by atoms with Crippen LogP contribution in [0.25, 0.3) is 6.08 Å². The standard InChI is InChI=1S/C17H13ClN4S3/c1-11-21-14(9-23-11)10-24-17-15(8-19)16(25-22-17)6-7-20-13-4-2-12(18)3-5-13/h2-7,9,20H,10H2,1H3. The normalized spacial score (nSPS) is 10.9. The minimum Gasteiger partial charge on any atom is -0.362 e. The molecule has 0 amide bonds. The first kappa shape index (κ1) is 18.0. The van der Waals surface area contributed by atoms with Crippen LogP contribution in [-0.2, 0) is 5.75 Å². The number of aryl methyl sites for hydroxylation is 1. The Hall–Kier alpha value is -1.85. The summed E-state index contributed by atoms with van der Waals surface area (Å²) in [5, 5.41) is 17.1. The lowest BCUT2D eigenvalue weighted by atomic mass is 10.3. The second-order valence-corrected chi connectivity index (χ2v) is 8.24. The number of hydrogen-bond donors (Lipinski definition) is 1. The molecule has 4 nitrogen and oxygen atoms in total. The van der Waals surface area contributed by atoms with Crippen LogP contribution in [0.5, 0.6) is 0 Å². The van der Waals surface area contributed by atoms with Crippen molar-refractivity contribution in [1.29, 1.82) is 5.26 Å². The van der Waals surface area contributed by atoms with Gasteiger partial charge in [-0.3, -0.25) is 0 Å². The summed E-state index contributed by atoms with van der Waals surface area (Å²) in [5.74, 6) is 0.717. The van der Waals surface area contributed by atoms with Crippen LogP contribution in [0, 0.1) is 18.3 Å². The van der Waals surface area contributed by atoms with E-state index in [2.05, 4.69) is 20.7 Å². The number of thiazole rings is 1. The molecule has 0 saturated heterocycles. The Bertz CT molecular complexity index is 922. The molecule has 2 heterocycles. The number of thioether (sulfide) groups is 1. The highest BCUT2D eigenvalue weighted by Crippen LogP contribution is 2.30. The van der Waals surface area contributed by atoms with E-state index in [1.54, 1.807) is 29.3 Å². The van der Waals surface area contributed by atoms with E-state index in [-0.39, 0.29) is 0 Å². The molecule has 0 spiro atoms. The van der Waals surface area contributed by atoms with Crippen LogP contribution >= 0.6 is 46.2 Å². The number of nitrogens with zero attached hydrogens (tertiary/aromatic N) is 3. The van der Waals surface area contributed by atoms with Crippen molar-refractivity contribution in [2.24, 2.45) is 0 Å². The number of rotatable bonds is 6. The van der Waals surface area contributed by atoms with Crippen molar-refractivity contribution in [3.8, 4) is 6.07 Å². The van der Waals surface area contributed by atoms with E-state index >= 15 is 0 Å². The summed E-state index contributed by atoms with van der Waals surface area (Å²) in [6, 6.07) is 9.67. The first-order valence-corrected chi connectivity index (χ1v) is 10.3. The Morgan fingerprint density at radius 3 is 2.84 bits per heavy atom. The zero-order chi connectivity index (χ0) is 17.6. The zero-order valence-corrected chi connectivity index (χ0v) is 16.4. The molecule has 8 heteroatoms. The quantitative estimate of drug-likeness (QED) is 0.525. The highest BCUT2D eigenvalue weighted by molar-refractivity contribution is 7.98. The van der Waals surface area contributed by atoms with Crippen molar-refractivity contribution in [2.75, 3.05) is 5.32 Å². The van der Waals surface area contributed by atoms with Crippen molar-refractivity contribution in [3.63, 3.8) is 0 Å². The maximum atomic E-state index is 9.46. The highest BCUT2D eigenvalue weighted by atomic mass is 35.5. The van der Waals surface area contributed by atoms with Gasteiger partial charge in [-0.2, -0.15) is 9.64 Å². The first-order valence-electron chi connectivity index (χ1n) is 7.28. The van der Waals surface area contributed by atoms with Gasteiger partial charge in [0, 0.05) is 28.0 Å². The molecule has 2 aromatic heterocycles. The van der Waals surface area contributed by atoms with Gasteiger partial charge in [0.05, 0.1) is 15.6 Å². The van der Waals surface area contributed by atoms with Gasteiger partial charge in [-0.1, -0.05) is 23.4 Å². The van der Waals surface area contributed by atoms with Crippen molar-refractivity contribution >= 4 is 58.0 Å². The van der Waals surface area contributed by atoms with Gasteiger partial charge in [-0.15, -0.1) is 11.3 Å². The maximum Gasteiger partial charge on any atom is 0.129 e. The fourth-order valence-electron chi connectivity index (χ4n) is 1.98. The zero-order valence-electron chi connectivity index (χ0n) is 13.2. The molecule has 126 valence electrons. The van der Waals surface area contributed by atoms with Gasteiger partial charge >= 0.3 is 0 Å². The van der Waals surface area contributed by atoms with E-state index in [9.17, 15) is 5.26 Å². The fraction of sp³-hybridized carbons (Fsp3) is 0.118. The predicted octanol–water partition coefficient (Wildman–Crippen LogP) is 5.81. The third-order valence-corrected chi connectivity index (χ3v) is 6.16. The molecule has 0 atom stereocenters. The molecule has 0 aliphatic rings. The summed E-state index contributed by atoms with van der Waals surface area (Å²) >= 11 is 10.4. The van der Waals surface area contributed by atoms with Gasteiger partial charge in [0.1, 0.15) is 16.7 Å². The largest absolute Gasteiger partial charge is 0.362 e. The van der Waals surface area contributed by atoms with E-state index in [0.29, 0.717) is 10.6 Å². The smallest absolute Gasteiger partial charge is 0.129 e. The average Bonchev–Trinajstić information content (AvgIpc) is 3.20. The minimum atomic E-state index is 0.608. The molecular formula is C17H13ClN4S3. The molecule has 1 N–H and O–H groups in total. The van der Waals surface area contributed by atoms with Crippen LogP contribution in [0.3, 0.4) is 0 Å². The molecule has 0 unspecified atom stereocenters. The number of aromatic nitrogens is 2. The van der Waals surface area contributed by atoms with Gasteiger partial charge in [0.2, 0.25) is 0 Å². The van der Waals surface area contributed by atoms with Gasteiger partial charge in [-0.25, -0.2) is 4.98 Å². The second-order valence-electron chi connectivity index (χ2n) is 4.97. The van der Waals surface area contributed by atoms with Crippen LogP contribution in [-0.4, -0.2) is 9.36 Å². The Kier molecular flexibility index (Phi) is 6.10. The predicted molar refractivity (Wildman–Crippen MR) is 107 cm³/mol. The Labute approximate surface area is 163 Å². The molecule has 25 heavy (non-hydrogen) atoms. The maximum absolute atomic E-state index is 9.46. The summed E-state index contributed by atoms with van der Waals surface area (Å²) < 4.78 is 4.41. The lowest BCUT2D eigenvalue weighted by molar-refractivity contribution is 1.17. The van der Waals surface area contributed by atoms with Crippen molar-refractivity contribution < 1.29 is 0 Å². The Balaban J connectivity index is 1.65. The molecule has 3 rings (SSSR count). The van der Waals surface area contributed by atoms with Crippen LogP contribution in [0.2, 0.25) is 5.02 Å². The van der Waals surface area contributed by atoms with Crippen LogP contribution in [0.15, 0.2) is 40.9 Å². The highest BCUT2D eigenvalue weighted by Gasteiger charge is 2.13. The monoisotopic (exact) mass is 404 g/mol. The van der Waals surface area contributed by atoms with Gasteiger partial charge in [0.15, 0.2) is 0 Å². The van der Waals surface area contributed by atoms with Gasteiger partial charge in [-0.05, 0) is 48.8 Å². The Morgan fingerprint density at radius 1 is 1.36 bits per heavy atom. The molecule has 0 aliphatic carbocycles. The molecule has 3 aromatic rings. The third kappa shape index (κ3) is 4.83. The van der Waals surface area contributed by atoms with Crippen molar-refractivity contribution in [1.82, 2.24) is 9.36 Å². The number of hydrogen-bond acceptors (Lipinski definition) is 7. The number of nitriles is 1. The molecule has 1 aromatic carbocycles. The number of benzene rings is 1. The molecule has 0 saturated carbocycles. The van der Waals surface area contributed by atoms with E-state index < -0.39 is 0 Å². The Morgan fingerprint density at radius 2 is 2.16 bits per heavy atom. The van der Waals surface area contributed by atoms with Gasteiger partial charge < -0.3 is 5.32 Å². The first-order chi connectivity index (χ1) is 12.2. The summed E-state index contributed by atoms with van der Waals surface area (Å²) in [5.41, 5.74) is 2.55. The SMILES string of the molecule is Cc1nc(CSc2nsc(C=CNc3ccc(Cl)cc3)c2C#N)cs1. The number of anilines is 1. The number of halogens is 1. The van der Waals surface area contributed by atoms with E-state index in [4.69, 9.17) is 11.6 Å². The van der Waals surface area contributed by atoms with Crippen LogP contribution in [0.4, 0.5) is 5.69 Å². The lowest BCUT2D eigenvalue weighted by Gasteiger charge is -1.99. The topological polar surface area (TPSA) is 61.6 Å². The molecular weight excluding hydrogens is 392 g/mol. The molecule has 0 aliphatic heterocycles. The molecule has 0 bridgehead atoms. The average molecular weight is 405 g/mol. The van der Waals surface area contributed by atoms with Crippen LogP contribution in [0.1, 0.15) is 21.1 Å². The van der Waals surface area contributed by atoms with E-state index in [1.165, 1.54) is 11.5 Å². The number of nitrogens with one attached hydrogen (secondary N) is 1. The van der Waals surface area contributed by atoms with E-state index in [1.807, 2.05) is 42.6 Å². The lowest BCUT2D eigenvalue weighted by Crippen LogP contribution is -1.86. The second kappa shape index (κ2) is 8.50. The third-order valence-electron chi connectivity index (χ3n) is 3.15. The van der Waals surface area contributed by atoms with Crippen molar-refractivity contribution in [2.45, 2.75) is 17.7 Å². The summed E-state index contributed by atoms with van der Waals surface area (Å²) in [6.45, 7) is 1.99. The molecule has 0 fully saturated rings. The minimum absolute atomic E-state index is 0.608. The van der Waals surface area contributed by atoms with Crippen molar-refractivity contribution in [3.05, 3.63) is 62.0 Å². The van der Waals surface area contributed by atoms with E-state index in [0.717, 1.165) is 32.0 Å². The van der Waals surface area contributed by atoms with Gasteiger partial charge in [0.25, 0.3) is 0 Å². The summed E-state index contributed by atoms with van der Waals surface area (Å²) in [7, 11) is 0. The van der Waals surface area contributed by atoms with Crippen LogP contribution < -0.4 is 5.32 Å². The summed E-state index contributed by atoms with van der Waals surface area (Å²) in [6.07, 6.45) is 3.66. The summed E-state index contributed by atoms with van der Waals surface area (Å²) in [4.78, 5) is 5.27. The fourth-order valence-corrected chi connectivity index (χ4v) is 4.58. The molecule has 0 radical (unpaired) electrons.